The molecule has 0 aromatic heterocycles. The Morgan fingerprint density at radius 3 is 2.24 bits per heavy atom. The van der Waals surface area contributed by atoms with Crippen LogP contribution in [0.2, 0.25) is 0 Å². The molecule has 0 amide bonds. The van der Waals surface area contributed by atoms with Gasteiger partial charge in [0.1, 0.15) is 0 Å². The molecule has 17 heavy (non-hydrogen) atoms. The number of anilines is 1. The van der Waals surface area contributed by atoms with E-state index in [0.717, 1.165) is 12.5 Å². The molecule has 2 N–H and O–H groups in total. The van der Waals surface area contributed by atoms with Crippen molar-refractivity contribution in [3.05, 3.63) is 29.8 Å². The number of piperidine rings is 1. The topological polar surface area (TPSA) is 24.1 Å². The van der Waals surface area contributed by atoms with Crippen LogP contribution in [0.25, 0.3) is 0 Å². The van der Waals surface area contributed by atoms with E-state index in [0.29, 0.717) is 12.1 Å². The minimum Gasteiger partial charge on any atom is -0.385 e. The van der Waals surface area contributed by atoms with E-state index in [1.165, 1.54) is 24.1 Å². The molecule has 94 valence electrons. The van der Waals surface area contributed by atoms with Crippen LogP contribution in [0.5, 0.6) is 0 Å². The van der Waals surface area contributed by atoms with Gasteiger partial charge in [0.2, 0.25) is 0 Å². The number of hydrogen-bond acceptors (Lipinski definition) is 2. The van der Waals surface area contributed by atoms with E-state index >= 15 is 0 Å². The van der Waals surface area contributed by atoms with Gasteiger partial charge in [-0.25, -0.2) is 0 Å². The van der Waals surface area contributed by atoms with Crippen LogP contribution >= 0.6 is 0 Å². The third-order valence-electron chi connectivity index (χ3n) is 3.61. The average molecular weight is 232 g/mol. The van der Waals surface area contributed by atoms with E-state index in [2.05, 4.69) is 55.7 Å². The zero-order valence-electron chi connectivity index (χ0n) is 11.2. The molecule has 1 heterocycles. The van der Waals surface area contributed by atoms with E-state index in [1.807, 2.05) is 0 Å². The molecule has 1 aromatic rings. The highest BCUT2D eigenvalue weighted by Crippen LogP contribution is 2.30. The van der Waals surface area contributed by atoms with Crippen molar-refractivity contribution >= 4 is 5.69 Å². The molecular weight excluding hydrogens is 208 g/mol. The van der Waals surface area contributed by atoms with Crippen molar-refractivity contribution in [2.45, 2.75) is 51.6 Å². The Kier molecular flexibility index (Phi) is 4.06. The largest absolute Gasteiger partial charge is 0.385 e. The summed E-state index contributed by atoms with van der Waals surface area (Å²) in [6, 6.07) is 10.3. The van der Waals surface area contributed by atoms with Gasteiger partial charge < -0.3 is 10.6 Å². The Balaban J connectivity index is 2.06. The first-order chi connectivity index (χ1) is 8.19. The maximum absolute atomic E-state index is 3.60. The van der Waals surface area contributed by atoms with Gasteiger partial charge >= 0.3 is 0 Å². The van der Waals surface area contributed by atoms with Crippen molar-refractivity contribution in [3.63, 3.8) is 0 Å². The maximum Gasteiger partial charge on any atom is 0.0340 e. The van der Waals surface area contributed by atoms with Gasteiger partial charge in [-0.2, -0.15) is 0 Å². The summed E-state index contributed by atoms with van der Waals surface area (Å²) in [7, 11) is 0. The third kappa shape index (κ3) is 3.22. The van der Waals surface area contributed by atoms with Gasteiger partial charge in [-0.3, -0.25) is 0 Å². The lowest BCUT2D eigenvalue weighted by atomic mass is 9.84. The number of hydrogen-bond donors (Lipinski definition) is 2. The van der Waals surface area contributed by atoms with E-state index < -0.39 is 0 Å². The third-order valence-corrected chi connectivity index (χ3v) is 3.61. The second-order valence-corrected chi connectivity index (χ2v) is 5.29. The van der Waals surface area contributed by atoms with Crippen LogP contribution in [0.3, 0.4) is 0 Å². The Labute approximate surface area is 105 Å². The molecule has 1 saturated heterocycles. The minimum absolute atomic E-state index is 0.636. The molecule has 1 fully saturated rings. The van der Waals surface area contributed by atoms with E-state index in [1.54, 1.807) is 0 Å². The molecule has 2 heteroatoms. The van der Waals surface area contributed by atoms with Crippen molar-refractivity contribution in [2.75, 3.05) is 11.9 Å². The fourth-order valence-electron chi connectivity index (χ4n) is 2.92. The highest BCUT2D eigenvalue weighted by atomic mass is 15.0. The zero-order chi connectivity index (χ0) is 12.3. The van der Waals surface area contributed by atoms with Gasteiger partial charge in [-0.1, -0.05) is 12.1 Å². The maximum atomic E-state index is 3.60. The van der Waals surface area contributed by atoms with Crippen LogP contribution in [0.15, 0.2) is 24.3 Å². The summed E-state index contributed by atoms with van der Waals surface area (Å²) in [5.74, 6) is 0.719. The molecule has 1 aromatic carbocycles. The number of rotatable bonds is 3. The van der Waals surface area contributed by atoms with Crippen LogP contribution < -0.4 is 10.6 Å². The lowest BCUT2D eigenvalue weighted by molar-refractivity contribution is 0.317. The van der Waals surface area contributed by atoms with Crippen molar-refractivity contribution in [3.8, 4) is 0 Å². The summed E-state index contributed by atoms with van der Waals surface area (Å²) in [5, 5.41) is 6.94. The Bertz CT molecular complexity index is 334. The molecule has 2 rings (SSSR count). The molecule has 1 aliphatic heterocycles. The number of nitrogens with one attached hydrogen (secondary N) is 2. The molecule has 3 atom stereocenters. The van der Waals surface area contributed by atoms with Crippen molar-refractivity contribution in [1.29, 1.82) is 0 Å². The van der Waals surface area contributed by atoms with Crippen LogP contribution in [0.4, 0.5) is 5.69 Å². The van der Waals surface area contributed by atoms with Gasteiger partial charge in [-0.15, -0.1) is 0 Å². The van der Waals surface area contributed by atoms with E-state index in [4.69, 9.17) is 0 Å². The van der Waals surface area contributed by atoms with Crippen molar-refractivity contribution < 1.29 is 0 Å². The first-order valence-electron chi connectivity index (χ1n) is 6.79. The second-order valence-electron chi connectivity index (χ2n) is 5.29. The highest BCUT2D eigenvalue weighted by molar-refractivity contribution is 5.45. The smallest absolute Gasteiger partial charge is 0.0340 e. The molecule has 0 radical (unpaired) electrons. The molecule has 0 aliphatic carbocycles. The SMILES string of the molecule is CCNc1ccc(C2C[C@@H](C)N[C@@H](C)C2)cc1. The molecule has 0 saturated carbocycles. The molecule has 2 nitrogen and oxygen atoms in total. The van der Waals surface area contributed by atoms with Crippen molar-refractivity contribution in [1.82, 2.24) is 5.32 Å². The van der Waals surface area contributed by atoms with Crippen LogP contribution in [0, 0.1) is 0 Å². The molecule has 0 spiro atoms. The highest BCUT2D eigenvalue weighted by Gasteiger charge is 2.24. The standard InChI is InChI=1S/C15H24N2/c1-4-16-15-7-5-13(6-8-15)14-9-11(2)17-12(3)10-14/h5-8,11-12,14,16-17H,4,9-10H2,1-3H3/t11-,12+,14?. The van der Waals surface area contributed by atoms with Gasteiger partial charge in [0.15, 0.2) is 0 Å². The second kappa shape index (κ2) is 5.54. The fourth-order valence-corrected chi connectivity index (χ4v) is 2.92. The predicted molar refractivity (Wildman–Crippen MR) is 74.6 cm³/mol. The molecule has 0 bridgehead atoms. The van der Waals surface area contributed by atoms with Crippen LogP contribution in [0.1, 0.15) is 45.1 Å². The summed E-state index contributed by atoms with van der Waals surface area (Å²) in [6.07, 6.45) is 2.51. The minimum atomic E-state index is 0.636. The molecule has 1 aliphatic rings. The molecular formula is C15H24N2. The van der Waals surface area contributed by atoms with E-state index in [9.17, 15) is 0 Å². The summed E-state index contributed by atoms with van der Waals surface area (Å²) in [4.78, 5) is 0. The summed E-state index contributed by atoms with van der Waals surface area (Å²) >= 11 is 0. The first-order valence-corrected chi connectivity index (χ1v) is 6.79. The predicted octanol–water partition coefficient (Wildman–Crippen LogP) is 3.36. The normalized spacial score (nSPS) is 29.0. The van der Waals surface area contributed by atoms with E-state index in [-0.39, 0.29) is 0 Å². The van der Waals surface area contributed by atoms with Crippen LogP contribution in [-0.2, 0) is 0 Å². The first kappa shape index (κ1) is 12.4. The Morgan fingerprint density at radius 2 is 1.71 bits per heavy atom. The Hall–Kier alpha value is -1.02. The van der Waals surface area contributed by atoms with Gasteiger partial charge in [-0.05, 0) is 57.2 Å². The zero-order valence-corrected chi connectivity index (χ0v) is 11.2. The van der Waals surface area contributed by atoms with Gasteiger partial charge in [0.05, 0.1) is 0 Å². The van der Waals surface area contributed by atoms with Crippen molar-refractivity contribution in [2.24, 2.45) is 0 Å². The number of benzene rings is 1. The van der Waals surface area contributed by atoms with Gasteiger partial charge in [0, 0.05) is 24.3 Å². The fraction of sp³-hybridized carbons (Fsp3) is 0.600. The average Bonchev–Trinajstić information content (AvgIpc) is 2.29. The van der Waals surface area contributed by atoms with Gasteiger partial charge in [0.25, 0.3) is 0 Å². The lowest BCUT2D eigenvalue weighted by Crippen LogP contribution is -2.41. The summed E-state index contributed by atoms with van der Waals surface area (Å²) in [5.41, 5.74) is 2.72. The monoisotopic (exact) mass is 232 g/mol. The van der Waals surface area contributed by atoms with Crippen LogP contribution in [-0.4, -0.2) is 18.6 Å². The lowest BCUT2D eigenvalue weighted by Gasteiger charge is -2.33. The quantitative estimate of drug-likeness (QED) is 0.835. The molecule has 1 unspecified atom stereocenters. The summed E-state index contributed by atoms with van der Waals surface area (Å²) < 4.78 is 0. The summed E-state index contributed by atoms with van der Waals surface area (Å²) in [6.45, 7) is 7.69. The Morgan fingerprint density at radius 1 is 1.12 bits per heavy atom.